The molecule has 3 aromatic rings. The Bertz CT molecular complexity index is 1380. The minimum atomic E-state index is -4.38. The summed E-state index contributed by atoms with van der Waals surface area (Å²) >= 11 is 5.89. The van der Waals surface area contributed by atoms with Gasteiger partial charge in [-0.25, -0.2) is 17.2 Å². The van der Waals surface area contributed by atoms with Gasteiger partial charge in [0.2, 0.25) is 0 Å². The quantitative estimate of drug-likeness (QED) is 0.360. The van der Waals surface area contributed by atoms with E-state index in [4.69, 9.17) is 15.8 Å². The van der Waals surface area contributed by atoms with Crippen molar-refractivity contribution in [3.63, 3.8) is 0 Å². The average molecular weight is 530 g/mol. The van der Waals surface area contributed by atoms with Gasteiger partial charge in [0.25, 0.3) is 20.1 Å². The van der Waals surface area contributed by atoms with E-state index in [-0.39, 0.29) is 17.9 Å². The van der Waals surface area contributed by atoms with Gasteiger partial charge in [-0.1, -0.05) is 35.9 Å². The minimum absolute atomic E-state index is 0.147. The number of benzene rings is 3. The van der Waals surface area contributed by atoms with Crippen molar-refractivity contribution in [3.8, 4) is 0 Å². The molecule has 0 aromatic heterocycles. The number of nitrogens with zero attached hydrogens (tertiary/aromatic N) is 1. The highest BCUT2D eigenvalue weighted by Gasteiger charge is 2.33. The Morgan fingerprint density at radius 3 is 2.26 bits per heavy atom. The topological polar surface area (TPSA) is 80.8 Å². The van der Waals surface area contributed by atoms with Crippen LogP contribution >= 0.6 is 11.6 Å². The second-order valence-electron chi connectivity index (χ2n) is 7.50. The van der Waals surface area contributed by atoms with Crippen LogP contribution in [-0.4, -0.2) is 29.7 Å². The summed E-state index contributed by atoms with van der Waals surface area (Å²) in [7, 11) is -8.05. The molecule has 1 unspecified atom stereocenters. The van der Waals surface area contributed by atoms with Crippen LogP contribution in [0.25, 0.3) is 0 Å². The van der Waals surface area contributed by atoms with Gasteiger partial charge in [-0.05, 0) is 60.9 Å². The molecule has 0 aliphatic rings. The third-order valence-corrected chi connectivity index (χ3v) is 7.79. The molecular formula is C23H22ClF2NO5S2. The van der Waals surface area contributed by atoms with Gasteiger partial charge in [-0.3, -0.25) is 8.49 Å². The van der Waals surface area contributed by atoms with E-state index in [1.54, 1.807) is 24.3 Å². The first kappa shape index (κ1) is 26.1. The standard InChI is InChI=1S/C23H22ClF2NO5S2/c1-16(21-6-4-3-5-17(21)13-14-32-33(2,28)29)27(23-15-19(25)9-12-22(23)26)34(30,31)20-10-7-18(24)8-11-20/h3-12,15-16H,13-14H2,1-2H3. The Labute approximate surface area is 202 Å². The first-order chi connectivity index (χ1) is 15.9. The van der Waals surface area contributed by atoms with Crippen LogP contribution in [0.15, 0.2) is 71.6 Å². The number of anilines is 1. The number of hydrogen-bond donors (Lipinski definition) is 0. The summed E-state index contributed by atoms with van der Waals surface area (Å²) in [5, 5.41) is 0.312. The van der Waals surface area contributed by atoms with E-state index in [1.807, 2.05) is 0 Å². The van der Waals surface area contributed by atoms with E-state index in [9.17, 15) is 25.6 Å². The lowest BCUT2D eigenvalue weighted by atomic mass is 9.99. The van der Waals surface area contributed by atoms with Gasteiger partial charge in [0.15, 0.2) is 0 Å². The second kappa shape index (κ2) is 10.4. The molecule has 0 fully saturated rings. The van der Waals surface area contributed by atoms with E-state index in [0.717, 1.165) is 28.8 Å². The number of rotatable bonds is 9. The van der Waals surface area contributed by atoms with Crippen LogP contribution < -0.4 is 4.31 Å². The van der Waals surface area contributed by atoms with E-state index in [2.05, 4.69) is 0 Å². The molecule has 0 saturated heterocycles. The molecule has 0 radical (unpaired) electrons. The zero-order valence-corrected chi connectivity index (χ0v) is 20.7. The van der Waals surface area contributed by atoms with Crippen LogP contribution in [0.2, 0.25) is 5.02 Å². The van der Waals surface area contributed by atoms with Crippen LogP contribution in [-0.2, 0) is 30.7 Å². The highest BCUT2D eigenvalue weighted by molar-refractivity contribution is 7.92. The van der Waals surface area contributed by atoms with E-state index >= 15 is 0 Å². The first-order valence-corrected chi connectivity index (χ1v) is 13.7. The summed E-state index contributed by atoms with van der Waals surface area (Å²) in [5.41, 5.74) is 0.595. The van der Waals surface area contributed by atoms with Crippen LogP contribution in [0.1, 0.15) is 24.1 Å². The predicted molar refractivity (Wildman–Crippen MR) is 127 cm³/mol. The van der Waals surface area contributed by atoms with Gasteiger partial charge in [0, 0.05) is 11.1 Å². The Balaban J connectivity index is 2.13. The fourth-order valence-electron chi connectivity index (χ4n) is 3.52. The Morgan fingerprint density at radius 2 is 1.62 bits per heavy atom. The normalized spacial score (nSPS) is 13.0. The summed E-state index contributed by atoms with van der Waals surface area (Å²) in [5.74, 6) is -1.74. The van der Waals surface area contributed by atoms with Crippen LogP contribution in [0.5, 0.6) is 0 Å². The third kappa shape index (κ3) is 6.12. The third-order valence-electron chi connectivity index (χ3n) is 5.04. The lowest BCUT2D eigenvalue weighted by Crippen LogP contribution is -2.35. The minimum Gasteiger partial charge on any atom is -0.270 e. The summed E-state index contributed by atoms with van der Waals surface area (Å²) in [4.78, 5) is -0.162. The SMILES string of the molecule is CC(c1ccccc1CCOS(C)(=O)=O)N(c1cc(F)ccc1F)S(=O)(=O)c1ccc(Cl)cc1. The van der Waals surface area contributed by atoms with E-state index in [1.165, 1.54) is 31.2 Å². The van der Waals surface area contributed by atoms with Crippen molar-refractivity contribution < 1.29 is 29.8 Å². The molecule has 1 atom stereocenters. The molecule has 182 valence electrons. The van der Waals surface area contributed by atoms with Crippen molar-refractivity contribution >= 4 is 37.4 Å². The smallest absolute Gasteiger partial charge is 0.264 e. The molecule has 0 spiro atoms. The monoisotopic (exact) mass is 529 g/mol. The molecule has 3 rings (SSSR count). The van der Waals surface area contributed by atoms with Crippen molar-refractivity contribution in [2.75, 3.05) is 17.2 Å². The lowest BCUT2D eigenvalue weighted by Gasteiger charge is -2.32. The summed E-state index contributed by atoms with van der Waals surface area (Å²) in [6, 6.07) is 13.6. The zero-order chi connectivity index (χ0) is 25.1. The molecule has 0 amide bonds. The molecule has 0 saturated carbocycles. The average Bonchev–Trinajstić information content (AvgIpc) is 2.76. The largest absolute Gasteiger partial charge is 0.270 e. The molecule has 0 aliphatic carbocycles. The fraction of sp³-hybridized carbons (Fsp3) is 0.217. The molecule has 0 aliphatic heterocycles. The molecule has 34 heavy (non-hydrogen) atoms. The summed E-state index contributed by atoms with van der Waals surface area (Å²) in [6.07, 6.45) is 1.07. The number of halogens is 3. The number of hydrogen-bond acceptors (Lipinski definition) is 5. The second-order valence-corrected chi connectivity index (χ2v) is 11.4. The van der Waals surface area contributed by atoms with Gasteiger partial charge < -0.3 is 0 Å². The molecule has 11 heteroatoms. The molecule has 6 nitrogen and oxygen atoms in total. The van der Waals surface area contributed by atoms with Crippen molar-refractivity contribution in [2.24, 2.45) is 0 Å². The maximum Gasteiger partial charge on any atom is 0.264 e. The van der Waals surface area contributed by atoms with Gasteiger partial charge >= 0.3 is 0 Å². The maximum absolute atomic E-state index is 14.9. The predicted octanol–water partition coefficient (Wildman–Crippen LogP) is 5.09. The van der Waals surface area contributed by atoms with Gasteiger partial charge in [0.05, 0.1) is 29.5 Å². The molecular weight excluding hydrogens is 508 g/mol. The Hall–Kier alpha value is -2.53. The first-order valence-electron chi connectivity index (χ1n) is 10.1. The van der Waals surface area contributed by atoms with Crippen LogP contribution in [0.3, 0.4) is 0 Å². The highest BCUT2D eigenvalue weighted by Crippen LogP contribution is 2.36. The Kier molecular flexibility index (Phi) is 7.97. The van der Waals surface area contributed by atoms with Gasteiger partial charge in [-0.2, -0.15) is 8.42 Å². The summed E-state index contributed by atoms with van der Waals surface area (Å²) in [6.45, 7) is 1.37. The van der Waals surface area contributed by atoms with Crippen molar-refractivity contribution in [1.29, 1.82) is 0 Å². The van der Waals surface area contributed by atoms with Crippen molar-refractivity contribution in [2.45, 2.75) is 24.3 Å². The maximum atomic E-state index is 14.9. The fourth-order valence-corrected chi connectivity index (χ4v) is 5.67. The van der Waals surface area contributed by atoms with Gasteiger partial charge in [0.1, 0.15) is 11.6 Å². The zero-order valence-electron chi connectivity index (χ0n) is 18.3. The lowest BCUT2D eigenvalue weighted by molar-refractivity contribution is 0.325. The van der Waals surface area contributed by atoms with E-state index in [0.29, 0.717) is 16.1 Å². The van der Waals surface area contributed by atoms with Crippen molar-refractivity contribution in [3.05, 3.63) is 94.5 Å². The highest BCUT2D eigenvalue weighted by atomic mass is 35.5. The van der Waals surface area contributed by atoms with Crippen molar-refractivity contribution in [1.82, 2.24) is 0 Å². The molecule has 3 aromatic carbocycles. The summed E-state index contributed by atoms with van der Waals surface area (Å²) < 4.78 is 84.6. The van der Waals surface area contributed by atoms with Crippen LogP contribution in [0.4, 0.5) is 14.5 Å². The molecule has 0 heterocycles. The van der Waals surface area contributed by atoms with Gasteiger partial charge in [-0.15, -0.1) is 0 Å². The van der Waals surface area contributed by atoms with Crippen LogP contribution in [0, 0.1) is 11.6 Å². The molecule has 0 N–H and O–H groups in total. The Morgan fingerprint density at radius 1 is 0.971 bits per heavy atom. The number of sulfonamides is 1. The van der Waals surface area contributed by atoms with E-state index < -0.39 is 43.5 Å². The molecule has 0 bridgehead atoms.